The van der Waals surface area contributed by atoms with E-state index in [1.54, 1.807) is 29.2 Å². The third-order valence-electron chi connectivity index (χ3n) is 7.37. The van der Waals surface area contributed by atoms with Crippen LogP contribution in [0.3, 0.4) is 0 Å². The minimum atomic E-state index is -3.66. The Balaban J connectivity index is 1.59. The molecular weight excluding hydrogens is 590 g/mol. The van der Waals surface area contributed by atoms with Crippen LogP contribution in [-0.4, -0.2) is 56.8 Å². The summed E-state index contributed by atoms with van der Waals surface area (Å²) < 4.78 is 37.5. The monoisotopic (exact) mass is 627 g/mol. The predicted octanol–water partition coefficient (Wildman–Crippen LogP) is 5.17. The van der Waals surface area contributed by atoms with Gasteiger partial charge in [-0.3, -0.25) is 13.9 Å². The fraction of sp³-hybridized carbons (Fsp3) is 0.375. The van der Waals surface area contributed by atoms with Crippen molar-refractivity contribution in [2.45, 2.75) is 58.2 Å². The Kier molecular flexibility index (Phi) is 10.9. The number of rotatable bonds is 14. The van der Waals surface area contributed by atoms with E-state index in [1.165, 1.54) is 4.31 Å². The highest BCUT2D eigenvalue weighted by molar-refractivity contribution is 7.92. The Labute approximate surface area is 258 Å². The number of halogens is 1. The van der Waals surface area contributed by atoms with Gasteiger partial charge in [0.05, 0.1) is 11.9 Å². The summed E-state index contributed by atoms with van der Waals surface area (Å²) in [6.45, 7) is 4.17. The average Bonchev–Trinajstić information content (AvgIpc) is 3.45. The van der Waals surface area contributed by atoms with Gasteiger partial charge < -0.3 is 19.7 Å². The van der Waals surface area contributed by atoms with Crippen LogP contribution in [0.15, 0.2) is 72.8 Å². The van der Waals surface area contributed by atoms with Gasteiger partial charge in [-0.25, -0.2) is 8.42 Å². The van der Waals surface area contributed by atoms with Gasteiger partial charge >= 0.3 is 0 Å². The molecule has 1 aliphatic rings. The van der Waals surface area contributed by atoms with Crippen LogP contribution in [0.1, 0.15) is 44.2 Å². The molecule has 2 atom stereocenters. The van der Waals surface area contributed by atoms with Crippen LogP contribution < -0.4 is 19.1 Å². The van der Waals surface area contributed by atoms with Crippen molar-refractivity contribution in [3.8, 4) is 11.5 Å². The van der Waals surface area contributed by atoms with Gasteiger partial charge in [0.2, 0.25) is 28.6 Å². The number of nitrogens with one attached hydrogen (secondary N) is 1. The van der Waals surface area contributed by atoms with E-state index < -0.39 is 16.1 Å². The summed E-state index contributed by atoms with van der Waals surface area (Å²) in [5.74, 6) is 0.475. The molecule has 9 nitrogen and oxygen atoms in total. The fourth-order valence-corrected chi connectivity index (χ4v) is 6.00. The topological polar surface area (TPSA) is 105 Å². The molecule has 0 spiro atoms. The van der Waals surface area contributed by atoms with E-state index in [1.807, 2.05) is 62.4 Å². The van der Waals surface area contributed by atoms with Crippen molar-refractivity contribution in [1.82, 2.24) is 10.2 Å². The molecule has 1 N–H and O–H groups in total. The zero-order chi connectivity index (χ0) is 31.0. The van der Waals surface area contributed by atoms with Crippen molar-refractivity contribution in [3.63, 3.8) is 0 Å². The number of carbonyl (C=O) groups is 2. The normalized spacial score (nSPS) is 13.7. The maximum atomic E-state index is 14.0. The number of carbonyl (C=O) groups excluding carboxylic acids is 2. The van der Waals surface area contributed by atoms with Crippen LogP contribution in [-0.2, 0) is 32.6 Å². The summed E-state index contributed by atoms with van der Waals surface area (Å²) in [6.07, 6.45) is 2.42. The summed E-state index contributed by atoms with van der Waals surface area (Å²) in [5, 5.41) is 3.54. The maximum Gasteiger partial charge on any atom is 0.243 e. The molecule has 0 saturated heterocycles. The van der Waals surface area contributed by atoms with E-state index in [9.17, 15) is 18.0 Å². The molecule has 0 aromatic heterocycles. The molecule has 0 radical (unpaired) electrons. The molecule has 11 heteroatoms. The first-order chi connectivity index (χ1) is 20.6. The lowest BCUT2D eigenvalue weighted by Gasteiger charge is -2.33. The van der Waals surface area contributed by atoms with Crippen LogP contribution >= 0.6 is 11.6 Å². The fourth-order valence-electron chi connectivity index (χ4n) is 4.85. The number of sulfonamides is 1. The lowest BCUT2D eigenvalue weighted by molar-refractivity contribution is -0.141. The highest BCUT2D eigenvalue weighted by atomic mass is 35.5. The molecule has 4 rings (SSSR count). The van der Waals surface area contributed by atoms with Crippen molar-refractivity contribution < 1.29 is 27.5 Å². The maximum absolute atomic E-state index is 14.0. The molecule has 230 valence electrons. The van der Waals surface area contributed by atoms with Crippen molar-refractivity contribution in [1.29, 1.82) is 0 Å². The number of benzene rings is 3. The minimum absolute atomic E-state index is 0.0168. The first-order valence-electron chi connectivity index (χ1n) is 14.3. The first kappa shape index (κ1) is 32.2. The molecule has 3 aromatic rings. The third kappa shape index (κ3) is 8.64. The standard InChI is InChI=1S/C32H38ClN3O6S/c1-4-23(2)34-32(38)28(19-24-11-6-5-7-12-24)35(21-25-13-8-9-14-27(25)33)31(37)15-10-18-36(43(3,39)40)26-16-17-29-30(20-26)42-22-41-29/h5-9,11-14,16-17,20,23,28H,4,10,15,18-19,21-22H2,1-3H3,(H,34,38)/t23-,28-/m1/s1. The largest absolute Gasteiger partial charge is 0.454 e. The molecule has 0 aliphatic carbocycles. The number of amides is 2. The summed E-state index contributed by atoms with van der Waals surface area (Å²) in [7, 11) is -3.66. The van der Waals surface area contributed by atoms with Crippen molar-refractivity contribution in [2.24, 2.45) is 0 Å². The summed E-state index contributed by atoms with van der Waals surface area (Å²) in [5.41, 5.74) is 2.04. The van der Waals surface area contributed by atoms with Crippen LogP contribution in [0.25, 0.3) is 0 Å². The van der Waals surface area contributed by atoms with Crippen LogP contribution in [0.2, 0.25) is 5.02 Å². The summed E-state index contributed by atoms with van der Waals surface area (Å²) in [6, 6.07) is 20.8. The highest BCUT2D eigenvalue weighted by Gasteiger charge is 2.31. The van der Waals surface area contributed by atoms with E-state index in [2.05, 4.69) is 5.32 Å². The molecule has 0 bridgehead atoms. The van der Waals surface area contributed by atoms with Gasteiger partial charge in [0.15, 0.2) is 11.5 Å². The molecule has 3 aromatic carbocycles. The number of ether oxygens (including phenoxy) is 2. The number of nitrogens with zero attached hydrogens (tertiary/aromatic N) is 2. The highest BCUT2D eigenvalue weighted by Crippen LogP contribution is 2.36. The molecule has 0 unspecified atom stereocenters. The lowest BCUT2D eigenvalue weighted by Crippen LogP contribution is -2.52. The Morgan fingerprint density at radius 1 is 1.00 bits per heavy atom. The van der Waals surface area contributed by atoms with E-state index in [4.69, 9.17) is 21.1 Å². The second-order valence-corrected chi connectivity index (χ2v) is 12.9. The summed E-state index contributed by atoms with van der Waals surface area (Å²) >= 11 is 6.50. The Hall–Kier alpha value is -3.76. The molecule has 0 fully saturated rings. The van der Waals surface area contributed by atoms with Crippen LogP contribution in [0, 0.1) is 0 Å². The quantitative estimate of drug-likeness (QED) is 0.264. The van der Waals surface area contributed by atoms with Gasteiger partial charge in [-0.2, -0.15) is 0 Å². The Morgan fingerprint density at radius 3 is 2.40 bits per heavy atom. The van der Waals surface area contributed by atoms with E-state index in [0.29, 0.717) is 34.2 Å². The third-order valence-corrected chi connectivity index (χ3v) is 8.93. The van der Waals surface area contributed by atoms with E-state index >= 15 is 0 Å². The smallest absolute Gasteiger partial charge is 0.243 e. The lowest BCUT2D eigenvalue weighted by atomic mass is 10.0. The molecular formula is C32H38ClN3O6S. The van der Waals surface area contributed by atoms with E-state index in [-0.39, 0.29) is 50.6 Å². The van der Waals surface area contributed by atoms with Crippen molar-refractivity contribution in [3.05, 3.63) is 88.9 Å². The van der Waals surface area contributed by atoms with Crippen molar-refractivity contribution >= 4 is 39.1 Å². The number of hydrogen-bond donors (Lipinski definition) is 1. The van der Waals surface area contributed by atoms with Gasteiger partial charge in [0, 0.05) is 43.1 Å². The summed E-state index contributed by atoms with van der Waals surface area (Å²) in [4.78, 5) is 29.2. The Morgan fingerprint density at radius 2 is 1.70 bits per heavy atom. The minimum Gasteiger partial charge on any atom is -0.454 e. The SMILES string of the molecule is CC[C@@H](C)NC(=O)[C@@H](Cc1ccccc1)N(Cc1ccccc1Cl)C(=O)CCCN(c1ccc2c(c1)OCO2)S(C)(=O)=O. The molecule has 1 aliphatic heterocycles. The number of anilines is 1. The van der Waals surface area contributed by atoms with E-state index in [0.717, 1.165) is 18.2 Å². The second-order valence-electron chi connectivity index (χ2n) is 10.6. The van der Waals surface area contributed by atoms with Gasteiger partial charge in [0.25, 0.3) is 0 Å². The molecule has 1 heterocycles. The zero-order valence-corrected chi connectivity index (χ0v) is 26.2. The molecule has 2 amide bonds. The van der Waals surface area contributed by atoms with Gasteiger partial charge in [-0.05, 0) is 49.1 Å². The molecule has 0 saturated carbocycles. The predicted molar refractivity (Wildman–Crippen MR) is 168 cm³/mol. The Bertz CT molecular complexity index is 1520. The van der Waals surface area contributed by atoms with Gasteiger partial charge in [0.1, 0.15) is 6.04 Å². The van der Waals surface area contributed by atoms with Crippen LogP contribution in [0.4, 0.5) is 5.69 Å². The number of hydrogen-bond acceptors (Lipinski definition) is 6. The zero-order valence-electron chi connectivity index (χ0n) is 24.7. The molecule has 43 heavy (non-hydrogen) atoms. The number of fused-ring (bicyclic) bond motifs is 1. The first-order valence-corrected chi connectivity index (χ1v) is 16.5. The van der Waals surface area contributed by atoms with Crippen LogP contribution in [0.5, 0.6) is 11.5 Å². The second kappa shape index (κ2) is 14.6. The van der Waals surface area contributed by atoms with Gasteiger partial charge in [-0.1, -0.05) is 67.1 Å². The van der Waals surface area contributed by atoms with Gasteiger partial charge in [-0.15, -0.1) is 0 Å². The van der Waals surface area contributed by atoms with Crippen molar-refractivity contribution in [2.75, 3.05) is 23.9 Å². The average molecular weight is 628 g/mol.